The molecule has 0 fully saturated rings. The number of carbonyl (C=O) groups is 1. The minimum absolute atomic E-state index is 0.143. The van der Waals surface area contributed by atoms with Gasteiger partial charge in [-0.15, -0.1) is 11.3 Å². The summed E-state index contributed by atoms with van der Waals surface area (Å²) in [5.74, 6) is 0.548. The van der Waals surface area contributed by atoms with Crippen molar-refractivity contribution in [2.45, 2.75) is 45.9 Å². The molecule has 0 unspecified atom stereocenters. The van der Waals surface area contributed by atoms with Crippen LogP contribution in [0.5, 0.6) is 5.75 Å². The molecule has 6 nitrogen and oxygen atoms in total. The number of benzene rings is 2. The Bertz CT molecular complexity index is 1430. The van der Waals surface area contributed by atoms with Crippen LogP contribution in [-0.2, 0) is 24.3 Å². The second-order valence-corrected chi connectivity index (χ2v) is 10.8. The molecular weight excluding hydrogens is 460 g/mol. The number of aromatic nitrogens is 1. The zero-order chi connectivity index (χ0) is 24.6. The molecule has 0 atom stereocenters. The summed E-state index contributed by atoms with van der Waals surface area (Å²) in [7, 11) is 0. The molecule has 2 aromatic carbocycles. The number of hydrogen-bond acceptors (Lipinski definition) is 5. The normalized spacial score (nSPS) is 13.5. The summed E-state index contributed by atoms with van der Waals surface area (Å²) in [4.78, 5) is 28.3. The van der Waals surface area contributed by atoms with Crippen LogP contribution in [0.3, 0.4) is 0 Å². The number of amides is 1. The van der Waals surface area contributed by atoms with Crippen LogP contribution in [0.15, 0.2) is 71.7 Å². The molecule has 0 N–H and O–H groups in total. The van der Waals surface area contributed by atoms with Crippen molar-refractivity contribution < 1.29 is 14.3 Å². The zero-order valence-electron chi connectivity index (χ0n) is 20.1. The lowest BCUT2D eigenvalue weighted by atomic mass is 10.0. The molecule has 0 saturated carbocycles. The van der Waals surface area contributed by atoms with Gasteiger partial charge in [0.05, 0.1) is 6.54 Å². The molecule has 1 aliphatic rings. The molecule has 7 heteroatoms. The fourth-order valence-electron chi connectivity index (χ4n) is 4.23. The zero-order valence-corrected chi connectivity index (χ0v) is 20.9. The minimum Gasteiger partial charge on any atom is -0.489 e. The fourth-order valence-corrected chi connectivity index (χ4v) is 5.47. The molecule has 2 aromatic heterocycles. The Kier molecular flexibility index (Phi) is 6.11. The van der Waals surface area contributed by atoms with Crippen LogP contribution in [-0.4, -0.2) is 27.7 Å². The van der Waals surface area contributed by atoms with Crippen LogP contribution in [0, 0.1) is 0 Å². The molecule has 0 spiro atoms. The quantitative estimate of drug-likeness (QED) is 0.358. The van der Waals surface area contributed by atoms with Crippen LogP contribution < -0.4 is 10.3 Å². The van der Waals surface area contributed by atoms with Crippen LogP contribution in [0.2, 0.25) is 0 Å². The Morgan fingerprint density at radius 2 is 1.86 bits per heavy atom. The average molecular weight is 489 g/mol. The standard InChI is InChI=1S/C28H28N2O4S/c1-28(2,3)34-27(32)29-13-12-22-23-15-20(9-10-24(23)35-25(22)17-29)30-14-11-21(16-26(30)31)33-18-19-7-5-4-6-8-19/h4-11,14-16H,12-13,17-18H2,1-3H3. The molecule has 0 radical (unpaired) electrons. The van der Waals surface area contributed by atoms with Crippen molar-refractivity contribution >= 4 is 27.5 Å². The van der Waals surface area contributed by atoms with Gasteiger partial charge in [-0.25, -0.2) is 4.79 Å². The predicted molar refractivity (Wildman–Crippen MR) is 139 cm³/mol. The lowest BCUT2D eigenvalue weighted by Crippen LogP contribution is -2.39. The minimum atomic E-state index is -0.512. The Morgan fingerprint density at radius 3 is 2.60 bits per heavy atom. The van der Waals surface area contributed by atoms with Crippen molar-refractivity contribution in [2.24, 2.45) is 0 Å². The first-order valence-corrected chi connectivity index (χ1v) is 12.5. The molecule has 180 valence electrons. The Morgan fingerprint density at radius 1 is 1.06 bits per heavy atom. The van der Waals surface area contributed by atoms with E-state index in [4.69, 9.17) is 9.47 Å². The highest BCUT2D eigenvalue weighted by atomic mass is 32.1. The van der Waals surface area contributed by atoms with Crippen LogP contribution in [0.25, 0.3) is 15.8 Å². The summed E-state index contributed by atoms with van der Waals surface area (Å²) in [6.45, 7) is 7.22. The maximum atomic E-state index is 12.9. The van der Waals surface area contributed by atoms with Gasteiger partial charge in [-0.3, -0.25) is 9.36 Å². The summed E-state index contributed by atoms with van der Waals surface area (Å²) in [6.07, 6.45) is 2.24. The third-order valence-corrected chi connectivity index (χ3v) is 7.09. The van der Waals surface area contributed by atoms with Gasteiger partial charge in [-0.1, -0.05) is 30.3 Å². The van der Waals surface area contributed by atoms with Crippen LogP contribution in [0.4, 0.5) is 4.79 Å². The van der Waals surface area contributed by atoms with Gasteiger partial charge in [0.15, 0.2) is 0 Å². The molecule has 4 aromatic rings. The molecule has 1 amide bonds. The van der Waals surface area contributed by atoms with Crippen molar-refractivity contribution in [1.82, 2.24) is 9.47 Å². The largest absolute Gasteiger partial charge is 0.489 e. The van der Waals surface area contributed by atoms with Crippen molar-refractivity contribution in [3.05, 3.63) is 93.2 Å². The van der Waals surface area contributed by atoms with Gasteiger partial charge in [0.2, 0.25) is 0 Å². The van der Waals surface area contributed by atoms with Crippen LogP contribution in [0.1, 0.15) is 36.8 Å². The van der Waals surface area contributed by atoms with Gasteiger partial charge >= 0.3 is 6.09 Å². The molecule has 3 heterocycles. The van der Waals surface area contributed by atoms with E-state index in [2.05, 4.69) is 12.1 Å². The average Bonchev–Trinajstić information content (AvgIpc) is 3.19. The number of pyridine rings is 1. The van der Waals surface area contributed by atoms with Gasteiger partial charge in [-0.05, 0) is 68.0 Å². The monoisotopic (exact) mass is 488 g/mol. The summed E-state index contributed by atoms with van der Waals surface area (Å²) in [6, 6.07) is 19.3. The number of rotatable bonds is 4. The third-order valence-electron chi connectivity index (χ3n) is 5.89. The molecule has 0 bridgehead atoms. The summed E-state index contributed by atoms with van der Waals surface area (Å²) >= 11 is 1.70. The summed E-state index contributed by atoms with van der Waals surface area (Å²) < 4.78 is 14.1. The van der Waals surface area contributed by atoms with E-state index in [-0.39, 0.29) is 11.7 Å². The Labute approximate surface area is 208 Å². The highest BCUT2D eigenvalue weighted by Gasteiger charge is 2.28. The lowest BCUT2D eigenvalue weighted by Gasteiger charge is -2.30. The van der Waals surface area contributed by atoms with Gasteiger partial charge in [-0.2, -0.15) is 0 Å². The van der Waals surface area contributed by atoms with E-state index in [0.29, 0.717) is 25.4 Å². The van der Waals surface area contributed by atoms with Crippen molar-refractivity contribution in [2.75, 3.05) is 6.54 Å². The topological polar surface area (TPSA) is 60.8 Å². The second-order valence-electron chi connectivity index (χ2n) is 9.68. The van der Waals surface area contributed by atoms with Gasteiger partial charge in [0, 0.05) is 34.1 Å². The number of hydrogen-bond donors (Lipinski definition) is 0. The van der Waals surface area contributed by atoms with Gasteiger partial charge < -0.3 is 14.4 Å². The van der Waals surface area contributed by atoms with E-state index in [9.17, 15) is 9.59 Å². The van der Waals surface area contributed by atoms with E-state index < -0.39 is 5.60 Å². The SMILES string of the molecule is CC(C)(C)OC(=O)N1CCc2c(sc3ccc(-n4ccc(OCc5ccccc5)cc4=O)cc23)C1. The Balaban J connectivity index is 1.36. The van der Waals surface area contributed by atoms with E-state index in [1.54, 1.807) is 27.0 Å². The van der Waals surface area contributed by atoms with Crippen molar-refractivity contribution in [3.8, 4) is 11.4 Å². The predicted octanol–water partition coefficient (Wildman–Crippen LogP) is 5.92. The first-order chi connectivity index (χ1) is 16.8. The van der Waals surface area contributed by atoms with Gasteiger partial charge in [0.25, 0.3) is 5.56 Å². The molecule has 5 rings (SSSR count). The highest BCUT2D eigenvalue weighted by Crippen LogP contribution is 2.36. The number of carbonyl (C=O) groups excluding carboxylic acids is 1. The third kappa shape index (κ3) is 5.10. The number of fused-ring (bicyclic) bond motifs is 3. The first kappa shape index (κ1) is 23.2. The second kappa shape index (κ2) is 9.23. The maximum absolute atomic E-state index is 12.9. The molecule has 0 saturated heterocycles. The first-order valence-electron chi connectivity index (χ1n) is 11.7. The molecule has 0 aliphatic carbocycles. The van der Waals surface area contributed by atoms with Crippen LogP contribution >= 0.6 is 11.3 Å². The number of thiophene rings is 1. The molecule has 35 heavy (non-hydrogen) atoms. The van der Waals surface area contributed by atoms with E-state index in [1.165, 1.54) is 16.5 Å². The van der Waals surface area contributed by atoms with E-state index in [0.717, 1.165) is 27.8 Å². The molecule has 1 aliphatic heterocycles. The Hall–Kier alpha value is -3.58. The van der Waals surface area contributed by atoms with E-state index in [1.807, 2.05) is 63.2 Å². The van der Waals surface area contributed by atoms with E-state index >= 15 is 0 Å². The van der Waals surface area contributed by atoms with Gasteiger partial charge in [0.1, 0.15) is 18.0 Å². The molecular formula is C28H28N2O4S. The highest BCUT2D eigenvalue weighted by molar-refractivity contribution is 7.19. The number of nitrogens with zero attached hydrogens (tertiary/aromatic N) is 2. The van der Waals surface area contributed by atoms with Crippen molar-refractivity contribution in [1.29, 1.82) is 0 Å². The van der Waals surface area contributed by atoms with Crippen molar-refractivity contribution in [3.63, 3.8) is 0 Å². The lowest BCUT2D eigenvalue weighted by molar-refractivity contribution is 0.0227. The summed E-state index contributed by atoms with van der Waals surface area (Å²) in [5, 5.41) is 1.14. The fraction of sp³-hybridized carbons (Fsp3) is 0.286. The maximum Gasteiger partial charge on any atom is 0.410 e. The summed E-state index contributed by atoms with van der Waals surface area (Å²) in [5.41, 5.74) is 2.46. The smallest absolute Gasteiger partial charge is 0.410 e. The number of ether oxygens (including phenoxy) is 2.